The van der Waals surface area contributed by atoms with Gasteiger partial charge in [0.2, 0.25) is 0 Å². The average molecular weight is 330 g/mol. The molecule has 3 rings (SSSR count). The molecule has 2 atom stereocenters. The van der Waals surface area contributed by atoms with Crippen LogP contribution in [-0.2, 0) is 11.2 Å². The summed E-state index contributed by atoms with van der Waals surface area (Å²) in [4.78, 5) is 14.3. The van der Waals surface area contributed by atoms with Gasteiger partial charge in [0.25, 0.3) is 0 Å². The summed E-state index contributed by atoms with van der Waals surface area (Å²) in [5.74, 6) is 0.990. The molecule has 0 aromatic heterocycles. The van der Waals surface area contributed by atoms with Gasteiger partial charge >= 0.3 is 6.09 Å². The molecule has 1 aliphatic carbocycles. The number of hydrogen-bond donors (Lipinski definition) is 1. The Morgan fingerprint density at radius 2 is 1.83 bits per heavy atom. The molecule has 0 radical (unpaired) electrons. The van der Waals surface area contributed by atoms with Crippen molar-refractivity contribution in [2.75, 3.05) is 19.6 Å². The molecule has 2 aliphatic rings. The Kier molecular flexibility index (Phi) is 5.14. The molecule has 1 saturated heterocycles. The van der Waals surface area contributed by atoms with Gasteiger partial charge in [0.15, 0.2) is 0 Å². The van der Waals surface area contributed by atoms with Gasteiger partial charge in [-0.25, -0.2) is 4.79 Å². The zero-order valence-corrected chi connectivity index (χ0v) is 15.1. The first-order chi connectivity index (χ1) is 11.4. The molecule has 2 fully saturated rings. The minimum absolute atomic E-state index is 0.172. The number of amides is 1. The van der Waals surface area contributed by atoms with Crippen LogP contribution in [0.25, 0.3) is 0 Å². The van der Waals surface area contributed by atoms with E-state index in [-0.39, 0.29) is 6.09 Å². The number of nitrogens with one attached hydrogen (secondary N) is 1. The molecule has 2 unspecified atom stereocenters. The minimum Gasteiger partial charge on any atom is -0.444 e. The van der Waals surface area contributed by atoms with E-state index in [2.05, 4.69) is 35.6 Å². The maximum absolute atomic E-state index is 12.4. The number of ether oxygens (including phenoxy) is 1. The van der Waals surface area contributed by atoms with Crippen molar-refractivity contribution in [1.29, 1.82) is 0 Å². The number of rotatable bonds is 5. The van der Waals surface area contributed by atoms with Gasteiger partial charge in [-0.05, 0) is 57.4 Å². The molecule has 1 N–H and O–H groups in total. The highest BCUT2D eigenvalue weighted by Gasteiger charge is 2.37. The third kappa shape index (κ3) is 4.97. The fourth-order valence-electron chi connectivity index (χ4n) is 3.40. The summed E-state index contributed by atoms with van der Waals surface area (Å²) in [5, 5.41) is 3.64. The summed E-state index contributed by atoms with van der Waals surface area (Å²) in [6.45, 7) is 8.37. The zero-order valence-electron chi connectivity index (χ0n) is 15.1. The summed E-state index contributed by atoms with van der Waals surface area (Å²) in [6.07, 6.45) is 3.45. The second-order valence-electron chi connectivity index (χ2n) is 8.28. The van der Waals surface area contributed by atoms with E-state index < -0.39 is 5.60 Å². The van der Waals surface area contributed by atoms with Crippen molar-refractivity contribution in [3.63, 3.8) is 0 Å². The van der Waals surface area contributed by atoms with Crippen molar-refractivity contribution in [2.45, 2.75) is 51.7 Å². The van der Waals surface area contributed by atoms with E-state index in [9.17, 15) is 4.79 Å². The van der Waals surface area contributed by atoms with Crippen molar-refractivity contribution >= 4 is 6.09 Å². The third-order valence-electron chi connectivity index (χ3n) is 4.81. The normalized spacial score (nSPS) is 24.2. The molecule has 1 amide bonds. The lowest BCUT2D eigenvalue weighted by molar-refractivity contribution is 0.0284. The summed E-state index contributed by atoms with van der Waals surface area (Å²) in [5.41, 5.74) is 0.918. The monoisotopic (exact) mass is 330 g/mol. The van der Waals surface area contributed by atoms with E-state index in [1.165, 1.54) is 18.4 Å². The third-order valence-corrected chi connectivity index (χ3v) is 4.81. The lowest BCUT2D eigenvalue weighted by atomic mass is 9.89. The predicted octanol–water partition coefficient (Wildman–Crippen LogP) is 3.46. The summed E-state index contributed by atoms with van der Waals surface area (Å²) < 4.78 is 5.57. The first-order valence-electron chi connectivity index (χ1n) is 9.16. The summed E-state index contributed by atoms with van der Waals surface area (Å²) in [7, 11) is 0. The first-order valence-corrected chi connectivity index (χ1v) is 9.16. The molecule has 1 aromatic carbocycles. The van der Waals surface area contributed by atoms with E-state index >= 15 is 0 Å². The van der Waals surface area contributed by atoms with Crippen LogP contribution in [0.2, 0.25) is 0 Å². The van der Waals surface area contributed by atoms with Crippen LogP contribution >= 0.6 is 0 Å². The smallest absolute Gasteiger partial charge is 0.410 e. The van der Waals surface area contributed by atoms with Crippen molar-refractivity contribution in [2.24, 2.45) is 11.8 Å². The van der Waals surface area contributed by atoms with Crippen LogP contribution in [0, 0.1) is 11.8 Å². The maximum Gasteiger partial charge on any atom is 0.410 e. The number of benzene rings is 1. The molecule has 132 valence electrons. The largest absolute Gasteiger partial charge is 0.444 e. The fourth-order valence-corrected chi connectivity index (χ4v) is 3.40. The van der Waals surface area contributed by atoms with Gasteiger partial charge in [0, 0.05) is 25.7 Å². The van der Waals surface area contributed by atoms with E-state index in [1.807, 2.05) is 25.7 Å². The number of carbonyl (C=O) groups is 1. The van der Waals surface area contributed by atoms with Crippen molar-refractivity contribution in [3.8, 4) is 0 Å². The molecule has 1 saturated carbocycles. The highest BCUT2D eigenvalue weighted by molar-refractivity contribution is 5.68. The van der Waals surface area contributed by atoms with Gasteiger partial charge in [-0.3, -0.25) is 0 Å². The first kappa shape index (κ1) is 17.3. The molecule has 1 heterocycles. The van der Waals surface area contributed by atoms with E-state index in [4.69, 9.17) is 4.74 Å². The van der Waals surface area contributed by atoms with Gasteiger partial charge < -0.3 is 15.0 Å². The standard InChI is InChI=1S/C20H30N2O2/c1-20(2,3)24-19(23)22-13-16(11-15-7-5-4-6-8-15)17(14-22)12-21-18-9-10-18/h4-8,16-18,21H,9-14H2,1-3H3. The van der Waals surface area contributed by atoms with Crippen LogP contribution < -0.4 is 5.32 Å². The lowest BCUT2D eigenvalue weighted by Crippen LogP contribution is -2.36. The van der Waals surface area contributed by atoms with E-state index in [1.54, 1.807) is 0 Å². The van der Waals surface area contributed by atoms with Gasteiger partial charge in [0.05, 0.1) is 0 Å². The SMILES string of the molecule is CC(C)(C)OC(=O)N1CC(CNC2CC2)C(Cc2ccccc2)C1. The molecule has 0 spiro atoms. The van der Waals surface area contributed by atoms with Crippen LogP contribution in [0.1, 0.15) is 39.2 Å². The van der Waals surface area contributed by atoms with Gasteiger partial charge in [-0.1, -0.05) is 30.3 Å². The molecule has 0 bridgehead atoms. The zero-order chi connectivity index (χ0) is 17.2. The Morgan fingerprint density at radius 1 is 1.17 bits per heavy atom. The number of nitrogens with zero attached hydrogens (tertiary/aromatic N) is 1. The van der Waals surface area contributed by atoms with Crippen LogP contribution in [0.4, 0.5) is 4.79 Å². The minimum atomic E-state index is -0.434. The Balaban J connectivity index is 1.63. The average Bonchev–Trinajstić information content (AvgIpc) is 3.25. The molecule has 4 heteroatoms. The molecular weight excluding hydrogens is 300 g/mol. The fraction of sp³-hybridized carbons (Fsp3) is 0.650. The van der Waals surface area contributed by atoms with Crippen LogP contribution in [0.5, 0.6) is 0 Å². The Bertz CT molecular complexity index is 549. The van der Waals surface area contributed by atoms with Gasteiger partial charge in [-0.15, -0.1) is 0 Å². The summed E-state index contributed by atoms with van der Waals surface area (Å²) >= 11 is 0. The van der Waals surface area contributed by atoms with Crippen LogP contribution in [-0.4, -0.2) is 42.3 Å². The predicted molar refractivity (Wildman–Crippen MR) is 96.0 cm³/mol. The highest BCUT2D eigenvalue weighted by atomic mass is 16.6. The molecule has 4 nitrogen and oxygen atoms in total. The highest BCUT2D eigenvalue weighted by Crippen LogP contribution is 2.29. The Morgan fingerprint density at radius 3 is 2.46 bits per heavy atom. The molecule has 24 heavy (non-hydrogen) atoms. The Hall–Kier alpha value is -1.55. The van der Waals surface area contributed by atoms with Crippen molar-refractivity contribution in [3.05, 3.63) is 35.9 Å². The quantitative estimate of drug-likeness (QED) is 0.899. The molecular formula is C20H30N2O2. The van der Waals surface area contributed by atoms with Gasteiger partial charge in [0.1, 0.15) is 5.60 Å². The second-order valence-corrected chi connectivity index (χ2v) is 8.28. The number of hydrogen-bond acceptors (Lipinski definition) is 3. The van der Waals surface area contributed by atoms with Crippen molar-refractivity contribution in [1.82, 2.24) is 10.2 Å². The van der Waals surface area contributed by atoms with E-state index in [0.717, 1.165) is 26.1 Å². The maximum atomic E-state index is 12.4. The van der Waals surface area contributed by atoms with Crippen LogP contribution in [0.3, 0.4) is 0 Å². The van der Waals surface area contributed by atoms with Gasteiger partial charge in [-0.2, -0.15) is 0 Å². The van der Waals surface area contributed by atoms with E-state index in [0.29, 0.717) is 17.9 Å². The lowest BCUT2D eigenvalue weighted by Gasteiger charge is -2.24. The Labute approximate surface area is 145 Å². The number of carbonyl (C=O) groups excluding carboxylic acids is 1. The molecule has 1 aromatic rings. The number of likely N-dealkylation sites (tertiary alicyclic amines) is 1. The summed E-state index contributed by atoms with van der Waals surface area (Å²) in [6, 6.07) is 11.3. The topological polar surface area (TPSA) is 41.6 Å². The van der Waals surface area contributed by atoms with Crippen LogP contribution in [0.15, 0.2) is 30.3 Å². The molecule has 1 aliphatic heterocycles. The second kappa shape index (κ2) is 7.14. The van der Waals surface area contributed by atoms with Crippen molar-refractivity contribution < 1.29 is 9.53 Å².